The van der Waals surface area contributed by atoms with Crippen LogP contribution in [0.5, 0.6) is 17.2 Å². The van der Waals surface area contributed by atoms with Gasteiger partial charge in [0.25, 0.3) is 0 Å². The Morgan fingerprint density at radius 1 is 1.00 bits per heavy atom. The van der Waals surface area contributed by atoms with Gasteiger partial charge in [-0.3, -0.25) is 0 Å². The molecule has 36 heavy (non-hydrogen) atoms. The van der Waals surface area contributed by atoms with Gasteiger partial charge in [-0.05, 0) is 48.9 Å². The van der Waals surface area contributed by atoms with E-state index < -0.39 is 6.10 Å². The van der Waals surface area contributed by atoms with E-state index in [-0.39, 0.29) is 5.48 Å². The normalized spacial score (nSPS) is 12.0. The molecule has 4 aromatic rings. The quantitative estimate of drug-likeness (QED) is 0.340. The Hall–Kier alpha value is -4.14. The van der Waals surface area contributed by atoms with E-state index >= 15 is 0 Å². The number of rotatable bonds is 9. The van der Waals surface area contributed by atoms with Crippen molar-refractivity contribution < 1.29 is 24.5 Å². The summed E-state index contributed by atoms with van der Waals surface area (Å²) in [4.78, 5) is 19.7. The SMILES string of the molecule is CCO[C@H](C=O)Cc1ccc(OCCN2c3ccccc3Oc3ccccc32)cc1.O.c1c[nH]cn1. The molecule has 0 bridgehead atoms. The predicted molar refractivity (Wildman–Crippen MR) is 139 cm³/mol. The topological polar surface area (TPSA) is 108 Å². The summed E-state index contributed by atoms with van der Waals surface area (Å²) < 4.78 is 17.4. The average molecular weight is 490 g/mol. The van der Waals surface area contributed by atoms with E-state index in [0.29, 0.717) is 26.2 Å². The highest BCUT2D eigenvalue weighted by Crippen LogP contribution is 2.45. The molecule has 0 amide bonds. The number of anilines is 2. The molecule has 1 aromatic heterocycles. The molecule has 8 heteroatoms. The fourth-order valence-electron chi connectivity index (χ4n) is 3.81. The molecule has 5 rings (SSSR count). The Labute approximate surface area is 210 Å². The molecule has 0 spiro atoms. The highest BCUT2D eigenvalue weighted by atomic mass is 16.5. The summed E-state index contributed by atoms with van der Waals surface area (Å²) in [6.07, 6.45) is 6.11. The maximum absolute atomic E-state index is 11.1. The highest BCUT2D eigenvalue weighted by Gasteiger charge is 2.23. The van der Waals surface area contributed by atoms with Gasteiger partial charge < -0.3 is 34.4 Å². The second-order valence-electron chi connectivity index (χ2n) is 7.78. The van der Waals surface area contributed by atoms with Crippen LogP contribution in [-0.2, 0) is 16.0 Å². The van der Waals surface area contributed by atoms with Crippen LogP contribution < -0.4 is 14.4 Å². The zero-order valence-corrected chi connectivity index (χ0v) is 20.2. The van der Waals surface area contributed by atoms with Crippen LogP contribution in [0.3, 0.4) is 0 Å². The second-order valence-corrected chi connectivity index (χ2v) is 7.78. The molecule has 2 heterocycles. The number of hydrogen-bond acceptors (Lipinski definition) is 6. The van der Waals surface area contributed by atoms with Gasteiger partial charge in [0.15, 0.2) is 11.5 Å². The first-order valence-electron chi connectivity index (χ1n) is 11.6. The van der Waals surface area contributed by atoms with Crippen molar-refractivity contribution in [2.75, 3.05) is 24.7 Å². The van der Waals surface area contributed by atoms with Gasteiger partial charge in [0.2, 0.25) is 0 Å². The third-order valence-corrected chi connectivity index (χ3v) is 5.41. The third-order valence-electron chi connectivity index (χ3n) is 5.41. The molecule has 0 radical (unpaired) electrons. The van der Waals surface area contributed by atoms with E-state index in [9.17, 15) is 4.79 Å². The number of nitrogens with one attached hydrogen (secondary N) is 1. The summed E-state index contributed by atoms with van der Waals surface area (Å²) in [6, 6.07) is 23.9. The molecule has 1 aliphatic rings. The maximum Gasteiger partial charge on any atom is 0.151 e. The minimum absolute atomic E-state index is 0. The number of ether oxygens (including phenoxy) is 3. The lowest BCUT2D eigenvalue weighted by atomic mass is 10.1. The maximum atomic E-state index is 11.1. The number of aldehydes is 1. The van der Waals surface area contributed by atoms with E-state index in [4.69, 9.17) is 14.2 Å². The van der Waals surface area contributed by atoms with Gasteiger partial charge in [-0.25, -0.2) is 4.98 Å². The fraction of sp³-hybridized carbons (Fsp3) is 0.214. The molecule has 1 aliphatic heterocycles. The van der Waals surface area contributed by atoms with Crippen molar-refractivity contribution in [3.63, 3.8) is 0 Å². The van der Waals surface area contributed by atoms with Gasteiger partial charge >= 0.3 is 0 Å². The van der Waals surface area contributed by atoms with E-state index in [0.717, 1.165) is 40.5 Å². The smallest absolute Gasteiger partial charge is 0.151 e. The summed E-state index contributed by atoms with van der Waals surface area (Å²) >= 11 is 0. The number of hydrogen-bond donors (Lipinski definition) is 1. The lowest BCUT2D eigenvalue weighted by Crippen LogP contribution is -2.26. The number of carbonyl (C=O) groups excluding carboxylic acids is 1. The van der Waals surface area contributed by atoms with Crippen LogP contribution in [0.15, 0.2) is 91.5 Å². The molecule has 1 atom stereocenters. The van der Waals surface area contributed by atoms with Crippen molar-refractivity contribution in [2.45, 2.75) is 19.4 Å². The largest absolute Gasteiger partial charge is 0.492 e. The molecule has 0 fully saturated rings. The van der Waals surface area contributed by atoms with Crippen LogP contribution in [0.2, 0.25) is 0 Å². The van der Waals surface area contributed by atoms with E-state index in [1.165, 1.54) is 0 Å². The first-order valence-corrected chi connectivity index (χ1v) is 11.6. The Bertz CT molecular complexity index is 1120. The van der Waals surface area contributed by atoms with Crippen molar-refractivity contribution in [2.24, 2.45) is 0 Å². The molecule has 8 nitrogen and oxygen atoms in total. The molecule has 0 saturated heterocycles. The number of imidazole rings is 1. The molecule has 3 N–H and O–H groups in total. The van der Waals surface area contributed by atoms with Gasteiger partial charge in [-0.1, -0.05) is 36.4 Å². The van der Waals surface area contributed by atoms with Crippen LogP contribution in [-0.4, -0.2) is 47.6 Å². The first-order chi connectivity index (χ1) is 17.3. The minimum atomic E-state index is -0.400. The summed E-state index contributed by atoms with van der Waals surface area (Å²) in [5, 5.41) is 0. The number of H-pyrrole nitrogens is 1. The number of aromatic nitrogens is 2. The summed E-state index contributed by atoms with van der Waals surface area (Å²) in [5.41, 5.74) is 3.11. The lowest BCUT2D eigenvalue weighted by molar-refractivity contribution is -0.117. The van der Waals surface area contributed by atoms with Gasteiger partial charge in [0.05, 0.1) is 24.2 Å². The van der Waals surface area contributed by atoms with Crippen molar-refractivity contribution in [3.05, 3.63) is 97.1 Å². The second kappa shape index (κ2) is 13.7. The fourth-order valence-corrected chi connectivity index (χ4v) is 3.81. The zero-order valence-electron chi connectivity index (χ0n) is 20.2. The van der Waals surface area contributed by atoms with Gasteiger partial charge in [-0.2, -0.15) is 0 Å². The number of aromatic amines is 1. The molecule has 0 aliphatic carbocycles. The van der Waals surface area contributed by atoms with Crippen LogP contribution in [0.4, 0.5) is 11.4 Å². The summed E-state index contributed by atoms with van der Waals surface area (Å²) in [5.74, 6) is 2.49. The van der Waals surface area contributed by atoms with Gasteiger partial charge in [0, 0.05) is 25.4 Å². The number of carbonyl (C=O) groups is 1. The predicted octanol–water partition coefficient (Wildman–Crippen LogP) is 4.74. The lowest BCUT2D eigenvalue weighted by Gasteiger charge is -2.32. The minimum Gasteiger partial charge on any atom is -0.492 e. The van der Waals surface area contributed by atoms with Crippen molar-refractivity contribution in [1.29, 1.82) is 0 Å². The average Bonchev–Trinajstić information content (AvgIpc) is 3.49. The Morgan fingerprint density at radius 2 is 1.67 bits per heavy atom. The van der Waals surface area contributed by atoms with Crippen LogP contribution in [0, 0.1) is 0 Å². The van der Waals surface area contributed by atoms with Gasteiger partial charge in [0.1, 0.15) is 24.7 Å². The first kappa shape index (κ1) is 26.5. The van der Waals surface area contributed by atoms with E-state index in [1.54, 1.807) is 18.7 Å². The van der Waals surface area contributed by atoms with Crippen molar-refractivity contribution in [3.8, 4) is 17.2 Å². The highest BCUT2D eigenvalue weighted by molar-refractivity contribution is 5.77. The van der Waals surface area contributed by atoms with Gasteiger partial charge in [-0.15, -0.1) is 0 Å². The van der Waals surface area contributed by atoms with E-state index in [1.807, 2.05) is 67.6 Å². The third kappa shape index (κ3) is 6.94. The standard InChI is InChI=1S/C25H25NO4.C3H4N2.H2O/c1-2-28-21(18-27)17-19-11-13-20(14-12-19)29-16-15-26-22-7-3-5-9-24(22)30-25-10-6-4-8-23(25)26;1-2-5-3-4-1;/h3-14,18,21H,2,15-17H2,1H3;1-3H,(H,4,5);1H2/t21-;;/m0../s1. The Kier molecular flexibility index (Phi) is 10.1. The Balaban J connectivity index is 0.000000538. The molecule has 0 saturated carbocycles. The van der Waals surface area contributed by atoms with E-state index in [2.05, 4.69) is 27.0 Å². The number of para-hydroxylation sites is 4. The zero-order chi connectivity index (χ0) is 24.3. The van der Waals surface area contributed by atoms with Crippen LogP contribution >= 0.6 is 0 Å². The van der Waals surface area contributed by atoms with Crippen molar-refractivity contribution in [1.82, 2.24) is 9.97 Å². The summed E-state index contributed by atoms with van der Waals surface area (Å²) in [7, 11) is 0. The molecule has 188 valence electrons. The van der Waals surface area contributed by atoms with Crippen molar-refractivity contribution >= 4 is 17.7 Å². The Morgan fingerprint density at radius 3 is 2.19 bits per heavy atom. The number of fused-ring (bicyclic) bond motifs is 2. The number of nitrogens with zero attached hydrogens (tertiary/aromatic N) is 2. The summed E-state index contributed by atoms with van der Waals surface area (Å²) in [6.45, 7) is 3.63. The van der Waals surface area contributed by atoms with Crippen LogP contribution in [0.1, 0.15) is 12.5 Å². The molecule has 3 aromatic carbocycles. The molecular formula is C28H31N3O5. The molecule has 0 unspecified atom stereocenters. The number of benzene rings is 3. The monoisotopic (exact) mass is 489 g/mol. The van der Waals surface area contributed by atoms with Crippen LogP contribution in [0.25, 0.3) is 0 Å². The molecular weight excluding hydrogens is 458 g/mol.